The van der Waals surface area contributed by atoms with Gasteiger partial charge in [0.15, 0.2) is 11.5 Å². The maximum absolute atomic E-state index is 5.49. The normalized spacial score (nSPS) is 22.2. The Bertz CT molecular complexity index is 661. The minimum absolute atomic E-state index is 0.278. The van der Waals surface area contributed by atoms with Gasteiger partial charge >= 0.3 is 0 Å². The Labute approximate surface area is 141 Å². The number of imidazole rings is 1. The standard InChI is InChI=1S/C17H23N5O2/c1(6-22-7-5-19-11-22)4-18-9-14-10-20-21-17(14)13-2-3-15-16(8-13)24-12-23-15/h2-3,5,7-8,11,14,17-18,20-21H,1,4,6,9-10,12H2. The zero-order valence-electron chi connectivity index (χ0n) is 13.6. The highest BCUT2D eigenvalue weighted by molar-refractivity contribution is 5.45. The van der Waals surface area contributed by atoms with Crippen molar-refractivity contribution in [3.63, 3.8) is 0 Å². The van der Waals surface area contributed by atoms with Gasteiger partial charge in [0, 0.05) is 37.9 Å². The van der Waals surface area contributed by atoms with Crippen molar-refractivity contribution in [3.05, 3.63) is 42.5 Å². The van der Waals surface area contributed by atoms with Gasteiger partial charge in [-0.1, -0.05) is 6.07 Å². The Hall–Kier alpha value is -2.09. The second-order valence-corrected chi connectivity index (χ2v) is 6.23. The molecule has 4 rings (SSSR count). The first-order valence-electron chi connectivity index (χ1n) is 8.44. The van der Waals surface area contributed by atoms with Crippen molar-refractivity contribution in [2.24, 2.45) is 5.92 Å². The van der Waals surface area contributed by atoms with E-state index in [-0.39, 0.29) is 6.04 Å². The molecule has 1 saturated heterocycles. The first kappa shape index (κ1) is 15.4. The van der Waals surface area contributed by atoms with E-state index in [4.69, 9.17) is 9.47 Å². The number of nitrogens with zero attached hydrogens (tertiary/aromatic N) is 2. The van der Waals surface area contributed by atoms with E-state index in [0.29, 0.717) is 12.7 Å². The zero-order chi connectivity index (χ0) is 16.2. The summed E-state index contributed by atoms with van der Waals surface area (Å²) in [6.07, 6.45) is 6.78. The van der Waals surface area contributed by atoms with E-state index in [0.717, 1.165) is 44.1 Å². The van der Waals surface area contributed by atoms with Gasteiger partial charge in [0.05, 0.1) is 12.4 Å². The van der Waals surface area contributed by atoms with Crippen LogP contribution in [0.5, 0.6) is 11.5 Å². The van der Waals surface area contributed by atoms with Crippen molar-refractivity contribution in [2.75, 3.05) is 26.4 Å². The lowest BCUT2D eigenvalue weighted by Gasteiger charge is -2.19. The van der Waals surface area contributed by atoms with Crippen molar-refractivity contribution in [3.8, 4) is 11.5 Å². The van der Waals surface area contributed by atoms with Crippen LogP contribution in [0.15, 0.2) is 36.9 Å². The van der Waals surface area contributed by atoms with Crippen LogP contribution in [-0.4, -0.2) is 36.0 Å². The van der Waals surface area contributed by atoms with E-state index in [9.17, 15) is 0 Å². The molecule has 0 radical (unpaired) electrons. The van der Waals surface area contributed by atoms with Crippen LogP contribution in [0.4, 0.5) is 0 Å². The van der Waals surface area contributed by atoms with Gasteiger partial charge in [0.2, 0.25) is 6.79 Å². The molecule has 7 nitrogen and oxygen atoms in total. The molecule has 1 fully saturated rings. The fourth-order valence-corrected chi connectivity index (χ4v) is 3.28. The number of fused-ring (bicyclic) bond motifs is 1. The fraction of sp³-hybridized carbons (Fsp3) is 0.471. The summed E-state index contributed by atoms with van der Waals surface area (Å²) in [6, 6.07) is 6.47. The van der Waals surface area contributed by atoms with Crippen LogP contribution < -0.4 is 25.6 Å². The SMILES string of the molecule is c1cn(CCCNCC2CNNC2c2ccc3c(c2)OCO3)cn1. The fourth-order valence-electron chi connectivity index (χ4n) is 3.28. The Morgan fingerprint density at radius 2 is 2.25 bits per heavy atom. The van der Waals surface area contributed by atoms with Gasteiger partial charge in [-0.3, -0.25) is 5.43 Å². The lowest BCUT2D eigenvalue weighted by Crippen LogP contribution is -2.29. The van der Waals surface area contributed by atoms with E-state index in [1.165, 1.54) is 5.56 Å². The Balaban J connectivity index is 1.27. The van der Waals surface area contributed by atoms with Gasteiger partial charge in [-0.05, 0) is 30.7 Å². The molecule has 2 unspecified atom stereocenters. The van der Waals surface area contributed by atoms with Crippen LogP contribution in [0.1, 0.15) is 18.0 Å². The minimum atomic E-state index is 0.278. The van der Waals surface area contributed by atoms with Gasteiger partial charge in [-0.25, -0.2) is 10.4 Å². The third-order valence-corrected chi connectivity index (χ3v) is 4.58. The molecule has 7 heteroatoms. The third kappa shape index (κ3) is 3.38. The molecule has 2 aliphatic rings. The molecule has 2 atom stereocenters. The average Bonchev–Trinajstić information content (AvgIpc) is 3.35. The predicted molar refractivity (Wildman–Crippen MR) is 89.6 cm³/mol. The summed E-state index contributed by atoms with van der Waals surface area (Å²) in [6.45, 7) is 4.25. The lowest BCUT2D eigenvalue weighted by molar-refractivity contribution is 0.174. The van der Waals surface area contributed by atoms with Crippen LogP contribution in [0.2, 0.25) is 0 Å². The second-order valence-electron chi connectivity index (χ2n) is 6.23. The number of benzene rings is 1. The first-order valence-corrected chi connectivity index (χ1v) is 8.44. The molecule has 0 spiro atoms. The van der Waals surface area contributed by atoms with E-state index in [2.05, 4.69) is 37.9 Å². The smallest absolute Gasteiger partial charge is 0.231 e. The second kappa shape index (κ2) is 7.21. The number of hydrogen-bond acceptors (Lipinski definition) is 6. The Morgan fingerprint density at radius 1 is 1.29 bits per heavy atom. The maximum Gasteiger partial charge on any atom is 0.231 e. The number of hydrazine groups is 1. The van der Waals surface area contributed by atoms with Gasteiger partial charge in [-0.15, -0.1) is 0 Å². The lowest BCUT2D eigenvalue weighted by atomic mass is 9.94. The highest BCUT2D eigenvalue weighted by Crippen LogP contribution is 2.36. The van der Waals surface area contributed by atoms with Crippen LogP contribution in [0.25, 0.3) is 0 Å². The molecule has 0 aliphatic carbocycles. The van der Waals surface area contributed by atoms with Gasteiger partial charge in [-0.2, -0.15) is 0 Å². The largest absolute Gasteiger partial charge is 0.454 e. The number of hydrogen-bond donors (Lipinski definition) is 3. The number of aryl methyl sites for hydroxylation is 1. The van der Waals surface area contributed by atoms with Crippen molar-refractivity contribution in [1.82, 2.24) is 25.7 Å². The number of rotatable bonds is 7. The summed E-state index contributed by atoms with van der Waals surface area (Å²) in [5.41, 5.74) is 7.89. The summed E-state index contributed by atoms with van der Waals surface area (Å²) in [4.78, 5) is 4.06. The van der Waals surface area contributed by atoms with Crippen LogP contribution in [-0.2, 0) is 6.54 Å². The van der Waals surface area contributed by atoms with E-state index < -0.39 is 0 Å². The van der Waals surface area contributed by atoms with Crippen molar-refractivity contribution < 1.29 is 9.47 Å². The minimum Gasteiger partial charge on any atom is -0.454 e. The van der Waals surface area contributed by atoms with Crippen LogP contribution in [0.3, 0.4) is 0 Å². The average molecular weight is 329 g/mol. The van der Waals surface area contributed by atoms with Gasteiger partial charge < -0.3 is 19.4 Å². The van der Waals surface area contributed by atoms with Crippen LogP contribution >= 0.6 is 0 Å². The molecular weight excluding hydrogens is 306 g/mol. The van der Waals surface area contributed by atoms with Crippen molar-refractivity contribution in [2.45, 2.75) is 19.0 Å². The molecule has 3 heterocycles. The van der Waals surface area contributed by atoms with Crippen LogP contribution in [0, 0.1) is 5.92 Å². The number of nitrogens with one attached hydrogen (secondary N) is 3. The molecule has 128 valence electrons. The summed E-state index contributed by atoms with van der Waals surface area (Å²) >= 11 is 0. The monoisotopic (exact) mass is 329 g/mol. The molecule has 3 N–H and O–H groups in total. The summed E-state index contributed by atoms with van der Waals surface area (Å²) in [7, 11) is 0. The summed E-state index contributed by atoms with van der Waals surface area (Å²) in [5.74, 6) is 2.17. The maximum atomic E-state index is 5.49. The van der Waals surface area contributed by atoms with E-state index in [1.54, 1.807) is 0 Å². The Kier molecular flexibility index (Phi) is 4.64. The molecule has 2 aromatic rings. The number of ether oxygens (including phenoxy) is 2. The molecule has 2 aliphatic heterocycles. The van der Waals surface area contributed by atoms with Gasteiger partial charge in [0.25, 0.3) is 0 Å². The molecule has 0 bridgehead atoms. The predicted octanol–water partition coefficient (Wildman–Crippen LogP) is 1.06. The highest BCUT2D eigenvalue weighted by atomic mass is 16.7. The molecule has 1 aromatic heterocycles. The molecule has 0 amide bonds. The van der Waals surface area contributed by atoms with Crippen molar-refractivity contribution in [1.29, 1.82) is 0 Å². The number of aromatic nitrogens is 2. The molecule has 24 heavy (non-hydrogen) atoms. The molecule has 0 saturated carbocycles. The highest BCUT2D eigenvalue weighted by Gasteiger charge is 2.29. The molecule has 1 aromatic carbocycles. The third-order valence-electron chi connectivity index (χ3n) is 4.58. The summed E-state index contributed by atoms with van der Waals surface area (Å²) < 4.78 is 13.0. The molecular formula is C17H23N5O2. The summed E-state index contributed by atoms with van der Waals surface area (Å²) in [5, 5.41) is 3.57. The van der Waals surface area contributed by atoms with E-state index >= 15 is 0 Å². The van der Waals surface area contributed by atoms with Crippen molar-refractivity contribution >= 4 is 0 Å². The quantitative estimate of drug-likeness (QED) is 0.660. The topological polar surface area (TPSA) is 72.4 Å². The first-order chi connectivity index (χ1) is 11.9. The van der Waals surface area contributed by atoms with Gasteiger partial charge in [0.1, 0.15) is 0 Å². The van der Waals surface area contributed by atoms with E-state index in [1.807, 2.05) is 24.8 Å². The Morgan fingerprint density at radius 3 is 3.17 bits per heavy atom. The zero-order valence-corrected chi connectivity index (χ0v) is 13.6.